The largest absolute Gasteiger partial charge is 0.508 e. The molecule has 4 heteroatoms. The van der Waals surface area contributed by atoms with Crippen molar-refractivity contribution < 1.29 is 19.3 Å². The first-order chi connectivity index (χ1) is 16.1. The Morgan fingerprint density at radius 2 is 1.76 bits per heavy atom. The second-order valence-corrected chi connectivity index (χ2v) is 8.56. The third kappa shape index (κ3) is 5.40. The SMILES string of the molecule is CCOC(COC1=CC(C)[C@@H](C2=C(c3ccccc3)CCc3cc(O)ccc32)C=C1)OCC. The van der Waals surface area contributed by atoms with E-state index in [0.717, 1.165) is 18.6 Å². The van der Waals surface area contributed by atoms with Gasteiger partial charge in [0.15, 0.2) is 6.29 Å². The molecular weight excluding hydrogens is 412 g/mol. The van der Waals surface area contributed by atoms with Crippen molar-refractivity contribution in [3.8, 4) is 5.75 Å². The van der Waals surface area contributed by atoms with E-state index in [1.807, 2.05) is 19.9 Å². The average Bonchev–Trinajstić information content (AvgIpc) is 2.83. The highest BCUT2D eigenvalue weighted by molar-refractivity contribution is 5.95. The Balaban J connectivity index is 1.62. The van der Waals surface area contributed by atoms with Gasteiger partial charge in [-0.3, -0.25) is 0 Å². The lowest BCUT2D eigenvalue weighted by Gasteiger charge is -2.32. The normalized spacial score (nSPS) is 20.1. The first kappa shape index (κ1) is 23.3. The minimum absolute atomic E-state index is 0.228. The number of fused-ring (bicyclic) bond motifs is 1. The van der Waals surface area contributed by atoms with Gasteiger partial charge in [0, 0.05) is 19.1 Å². The van der Waals surface area contributed by atoms with Crippen LogP contribution in [0.2, 0.25) is 0 Å². The van der Waals surface area contributed by atoms with Gasteiger partial charge in [0.25, 0.3) is 0 Å². The van der Waals surface area contributed by atoms with E-state index < -0.39 is 0 Å². The predicted molar refractivity (Wildman–Crippen MR) is 133 cm³/mol. The van der Waals surface area contributed by atoms with Crippen LogP contribution in [0.15, 0.2) is 72.5 Å². The lowest BCUT2D eigenvalue weighted by Crippen LogP contribution is -2.24. The minimum atomic E-state index is -0.354. The van der Waals surface area contributed by atoms with Crippen LogP contribution in [0.3, 0.4) is 0 Å². The van der Waals surface area contributed by atoms with Crippen molar-refractivity contribution in [2.45, 2.75) is 39.9 Å². The molecule has 0 amide bonds. The van der Waals surface area contributed by atoms with Crippen LogP contribution in [0, 0.1) is 11.8 Å². The van der Waals surface area contributed by atoms with Gasteiger partial charge in [-0.1, -0.05) is 49.4 Å². The number of hydrogen-bond donors (Lipinski definition) is 1. The number of aromatic hydroxyl groups is 1. The summed E-state index contributed by atoms with van der Waals surface area (Å²) in [6.45, 7) is 7.70. The van der Waals surface area contributed by atoms with E-state index in [9.17, 15) is 5.11 Å². The van der Waals surface area contributed by atoms with Crippen molar-refractivity contribution in [1.82, 2.24) is 0 Å². The summed E-state index contributed by atoms with van der Waals surface area (Å²) in [7, 11) is 0. The Morgan fingerprint density at radius 3 is 2.45 bits per heavy atom. The van der Waals surface area contributed by atoms with Crippen LogP contribution < -0.4 is 0 Å². The molecule has 0 fully saturated rings. The summed E-state index contributed by atoms with van der Waals surface area (Å²) in [5.74, 6) is 1.67. The molecule has 0 bridgehead atoms. The Hall–Kier alpha value is -2.82. The molecule has 2 aliphatic carbocycles. The van der Waals surface area contributed by atoms with E-state index in [1.54, 1.807) is 6.07 Å². The second-order valence-electron chi connectivity index (χ2n) is 8.56. The molecule has 1 unspecified atom stereocenters. The Morgan fingerprint density at radius 1 is 1.00 bits per heavy atom. The minimum Gasteiger partial charge on any atom is -0.508 e. The molecule has 2 atom stereocenters. The van der Waals surface area contributed by atoms with Crippen LogP contribution in [0.1, 0.15) is 43.9 Å². The highest BCUT2D eigenvalue weighted by atomic mass is 16.7. The highest BCUT2D eigenvalue weighted by Gasteiger charge is 2.30. The molecule has 0 radical (unpaired) electrons. The summed E-state index contributed by atoms with van der Waals surface area (Å²) < 4.78 is 17.2. The lowest BCUT2D eigenvalue weighted by atomic mass is 9.72. The molecule has 0 aliphatic heterocycles. The van der Waals surface area contributed by atoms with Gasteiger partial charge in [0.2, 0.25) is 0 Å². The van der Waals surface area contributed by atoms with Crippen LogP contribution in [0.4, 0.5) is 0 Å². The van der Waals surface area contributed by atoms with E-state index in [0.29, 0.717) is 25.6 Å². The summed E-state index contributed by atoms with van der Waals surface area (Å²) in [5.41, 5.74) is 6.47. The smallest absolute Gasteiger partial charge is 0.191 e. The van der Waals surface area contributed by atoms with Gasteiger partial charge in [-0.2, -0.15) is 0 Å². The lowest BCUT2D eigenvalue weighted by molar-refractivity contribution is -0.159. The Labute approximate surface area is 197 Å². The van der Waals surface area contributed by atoms with Crippen LogP contribution >= 0.6 is 0 Å². The van der Waals surface area contributed by atoms with Gasteiger partial charge in [0.1, 0.15) is 18.1 Å². The van der Waals surface area contributed by atoms with E-state index in [2.05, 4.69) is 61.5 Å². The zero-order valence-corrected chi connectivity index (χ0v) is 19.8. The quantitative estimate of drug-likeness (QED) is 0.455. The molecule has 0 saturated carbocycles. The molecule has 2 aliphatic rings. The number of hydrogen-bond acceptors (Lipinski definition) is 4. The molecule has 174 valence electrons. The van der Waals surface area contributed by atoms with E-state index >= 15 is 0 Å². The molecule has 2 aromatic rings. The summed E-state index contributed by atoms with van der Waals surface area (Å²) in [4.78, 5) is 0. The molecule has 4 nitrogen and oxygen atoms in total. The van der Waals surface area contributed by atoms with Gasteiger partial charge in [-0.25, -0.2) is 0 Å². The van der Waals surface area contributed by atoms with Gasteiger partial charge < -0.3 is 19.3 Å². The van der Waals surface area contributed by atoms with Gasteiger partial charge in [-0.05, 0) is 84.7 Å². The van der Waals surface area contributed by atoms with Gasteiger partial charge >= 0.3 is 0 Å². The average molecular weight is 447 g/mol. The molecule has 0 saturated heterocycles. The number of ether oxygens (including phenoxy) is 3. The van der Waals surface area contributed by atoms with Crippen molar-refractivity contribution in [2.75, 3.05) is 19.8 Å². The zero-order chi connectivity index (χ0) is 23.2. The maximum atomic E-state index is 10.1. The van der Waals surface area contributed by atoms with Crippen molar-refractivity contribution in [3.05, 3.63) is 89.2 Å². The van der Waals surface area contributed by atoms with Crippen LogP contribution in [-0.4, -0.2) is 31.2 Å². The second kappa shape index (κ2) is 10.9. The number of aryl methyl sites for hydroxylation is 1. The van der Waals surface area contributed by atoms with Crippen molar-refractivity contribution >= 4 is 11.1 Å². The Kier molecular flexibility index (Phi) is 7.69. The molecule has 4 rings (SSSR count). The van der Waals surface area contributed by atoms with Crippen molar-refractivity contribution in [1.29, 1.82) is 0 Å². The van der Waals surface area contributed by atoms with Crippen LogP contribution in [0.5, 0.6) is 5.75 Å². The summed E-state index contributed by atoms with van der Waals surface area (Å²) >= 11 is 0. The number of benzene rings is 2. The fraction of sp³-hybridized carbons (Fsp3) is 0.379. The van der Waals surface area contributed by atoms with E-state index in [-0.39, 0.29) is 18.1 Å². The van der Waals surface area contributed by atoms with Crippen LogP contribution in [-0.2, 0) is 20.6 Å². The van der Waals surface area contributed by atoms with Crippen molar-refractivity contribution in [2.24, 2.45) is 11.8 Å². The molecule has 0 heterocycles. The van der Waals surface area contributed by atoms with Crippen LogP contribution in [0.25, 0.3) is 11.1 Å². The molecular formula is C29H34O4. The number of rotatable bonds is 9. The number of phenolic OH excluding ortho intramolecular Hbond substituents is 1. The first-order valence-corrected chi connectivity index (χ1v) is 12.0. The molecule has 33 heavy (non-hydrogen) atoms. The highest BCUT2D eigenvalue weighted by Crippen LogP contribution is 2.45. The molecule has 2 aromatic carbocycles. The fourth-order valence-corrected chi connectivity index (χ4v) is 4.85. The van der Waals surface area contributed by atoms with Gasteiger partial charge in [0.05, 0.1) is 0 Å². The zero-order valence-electron chi connectivity index (χ0n) is 19.8. The van der Waals surface area contributed by atoms with Crippen molar-refractivity contribution in [3.63, 3.8) is 0 Å². The predicted octanol–water partition coefficient (Wildman–Crippen LogP) is 6.37. The summed E-state index contributed by atoms with van der Waals surface area (Å²) in [6, 6.07) is 16.5. The Bertz CT molecular complexity index is 1030. The topological polar surface area (TPSA) is 47.9 Å². The maximum Gasteiger partial charge on any atom is 0.191 e. The standard InChI is InChI=1S/C29H34O4/c1-4-31-28(32-5-2)19-33-24-13-16-25(20(3)17-24)29-26(21-9-7-6-8-10-21)14-11-22-18-23(30)12-15-27(22)29/h6-10,12-13,15-18,20,25,28,30H,4-5,11,14,19H2,1-3H3/t20?,25-/m0/s1. The van der Waals surface area contributed by atoms with E-state index in [1.165, 1.54) is 27.8 Å². The van der Waals surface area contributed by atoms with E-state index in [4.69, 9.17) is 14.2 Å². The molecule has 0 spiro atoms. The van der Waals surface area contributed by atoms with Gasteiger partial charge in [-0.15, -0.1) is 0 Å². The monoisotopic (exact) mass is 446 g/mol. The summed E-state index contributed by atoms with van der Waals surface area (Å²) in [5, 5.41) is 10.1. The first-order valence-electron chi connectivity index (χ1n) is 12.0. The third-order valence-electron chi connectivity index (χ3n) is 6.36. The molecule has 0 aromatic heterocycles. The molecule has 1 N–H and O–H groups in total. The third-order valence-corrected chi connectivity index (χ3v) is 6.36. The number of phenols is 1. The maximum absolute atomic E-state index is 10.1. The number of allylic oxidation sites excluding steroid dienone is 5. The fourth-order valence-electron chi connectivity index (χ4n) is 4.85. The summed E-state index contributed by atoms with van der Waals surface area (Å²) in [6.07, 6.45) is 8.07.